The third-order valence-corrected chi connectivity index (χ3v) is 7.23. The molecule has 1 aliphatic rings. The Labute approximate surface area is 198 Å². The SMILES string of the molecule is CC(C)(C)OC(=O)[C@H](Cc1ccc(O)cc1)NC(=O)[C@@H]1CCCN1S(=O)(=O)c1ccc(F)cc1. The fourth-order valence-electron chi connectivity index (χ4n) is 3.73. The van der Waals surface area contributed by atoms with Gasteiger partial charge >= 0.3 is 5.97 Å². The molecule has 8 nitrogen and oxygen atoms in total. The first kappa shape index (κ1) is 25.6. The van der Waals surface area contributed by atoms with Crippen LogP contribution in [0.25, 0.3) is 0 Å². The Morgan fingerprint density at radius 1 is 1.15 bits per heavy atom. The molecule has 2 aromatic rings. The van der Waals surface area contributed by atoms with Crippen molar-refractivity contribution >= 4 is 21.9 Å². The second kappa shape index (κ2) is 10.1. The number of nitrogens with one attached hydrogen (secondary N) is 1. The molecule has 10 heteroatoms. The predicted molar refractivity (Wildman–Crippen MR) is 123 cm³/mol. The minimum atomic E-state index is -4.04. The molecule has 2 atom stereocenters. The number of hydrogen-bond donors (Lipinski definition) is 2. The molecule has 1 aliphatic heterocycles. The monoisotopic (exact) mass is 492 g/mol. The van der Waals surface area contributed by atoms with E-state index in [2.05, 4.69) is 5.32 Å². The molecule has 0 radical (unpaired) electrons. The van der Waals surface area contributed by atoms with Crippen LogP contribution in [0.2, 0.25) is 0 Å². The molecule has 0 spiro atoms. The van der Waals surface area contributed by atoms with Crippen molar-refractivity contribution in [3.8, 4) is 5.75 Å². The molecule has 2 aromatic carbocycles. The molecule has 1 heterocycles. The van der Waals surface area contributed by atoms with E-state index in [9.17, 15) is 27.5 Å². The van der Waals surface area contributed by atoms with Crippen LogP contribution in [0.3, 0.4) is 0 Å². The van der Waals surface area contributed by atoms with Crippen molar-refractivity contribution in [1.82, 2.24) is 9.62 Å². The van der Waals surface area contributed by atoms with Crippen LogP contribution in [0.15, 0.2) is 53.4 Å². The molecule has 34 heavy (non-hydrogen) atoms. The number of rotatable bonds is 7. The summed E-state index contributed by atoms with van der Waals surface area (Å²) in [5, 5.41) is 12.2. The van der Waals surface area contributed by atoms with Crippen LogP contribution in [-0.4, -0.2) is 53.9 Å². The molecule has 1 fully saturated rings. The Bertz CT molecular complexity index is 1130. The highest BCUT2D eigenvalue weighted by Crippen LogP contribution is 2.27. The van der Waals surface area contributed by atoms with E-state index < -0.39 is 45.4 Å². The van der Waals surface area contributed by atoms with Gasteiger partial charge in [-0.05, 0) is 75.6 Å². The Kier molecular flexibility index (Phi) is 7.62. The summed E-state index contributed by atoms with van der Waals surface area (Å²) in [6.07, 6.45) is 0.846. The Hall–Kier alpha value is -2.98. The highest BCUT2D eigenvalue weighted by atomic mass is 32.2. The lowest BCUT2D eigenvalue weighted by Gasteiger charge is -2.27. The molecule has 0 bridgehead atoms. The van der Waals surface area contributed by atoms with E-state index in [1.165, 1.54) is 12.1 Å². The van der Waals surface area contributed by atoms with Crippen molar-refractivity contribution in [2.45, 2.75) is 62.6 Å². The second-order valence-corrected chi connectivity index (χ2v) is 11.1. The number of halogens is 1. The van der Waals surface area contributed by atoms with Gasteiger partial charge in [-0.15, -0.1) is 0 Å². The molecule has 0 unspecified atom stereocenters. The van der Waals surface area contributed by atoms with E-state index in [1.54, 1.807) is 32.9 Å². The van der Waals surface area contributed by atoms with Crippen LogP contribution < -0.4 is 5.32 Å². The lowest BCUT2D eigenvalue weighted by Crippen LogP contribution is -2.52. The maximum absolute atomic E-state index is 13.3. The summed E-state index contributed by atoms with van der Waals surface area (Å²) >= 11 is 0. The van der Waals surface area contributed by atoms with Crippen molar-refractivity contribution < 1.29 is 32.2 Å². The Balaban J connectivity index is 1.81. The van der Waals surface area contributed by atoms with Crippen LogP contribution in [-0.2, 0) is 30.8 Å². The third kappa shape index (κ3) is 6.32. The highest BCUT2D eigenvalue weighted by molar-refractivity contribution is 7.89. The first-order valence-corrected chi connectivity index (χ1v) is 12.4. The number of ether oxygens (including phenoxy) is 1. The first-order valence-electron chi connectivity index (χ1n) is 11.0. The first-order chi connectivity index (χ1) is 15.9. The molecule has 3 rings (SSSR count). The largest absolute Gasteiger partial charge is 0.508 e. The molecule has 1 saturated heterocycles. The molecular formula is C24H29FN2O6S. The van der Waals surface area contributed by atoms with Crippen LogP contribution >= 0.6 is 0 Å². The molecule has 184 valence electrons. The van der Waals surface area contributed by atoms with Crippen molar-refractivity contribution in [2.24, 2.45) is 0 Å². The zero-order valence-corrected chi connectivity index (χ0v) is 20.1. The van der Waals surface area contributed by atoms with Crippen LogP contribution in [0.4, 0.5) is 4.39 Å². The zero-order valence-electron chi connectivity index (χ0n) is 19.3. The van der Waals surface area contributed by atoms with E-state index in [1.807, 2.05) is 0 Å². The van der Waals surface area contributed by atoms with E-state index in [-0.39, 0.29) is 30.0 Å². The molecular weight excluding hydrogens is 463 g/mol. The predicted octanol–water partition coefficient (Wildman–Crippen LogP) is 2.75. The van der Waals surface area contributed by atoms with Gasteiger partial charge < -0.3 is 15.2 Å². The molecule has 0 aromatic heterocycles. The smallest absolute Gasteiger partial charge is 0.329 e. The van der Waals surface area contributed by atoms with Crippen LogP contribution in [0.1, 0.15) is 39.2 Å². The van der Waals surface area contributed by atoms with Gasteiger partial charge in [-0.25, -0.2) is 17.6 Å². The number of benzene rings is 2. The van der Waals surface area contributed by atoms with E-state index in [0.717, 1.165) is 28.6 Å². The Morgan fingerprint density at radius 3 is 2.35 bits per heavy atom. The minimum Gasteiger partial charge on any atom is -0.508 e. The summed E-state index contributed by atoms with van der Waals surface area (Å²) in [5.74, 6) is -1.77. The fourth-order valence-corrected chi connectivity index (χ4v) is 5.39. The van der Waals surface area contributed by atoms with Gasteiger partial charge in [-0.2, -0.15) is 4.31 Å². The number of carbonyl (C=O) groups is 2. The van der Waals surface area contributed by atoms with Crippen molar-refractivity contribution in [2.75, 3.05) is 6.54 Å². The van der Waals surface area contributed by atoms with E-state index >= 15 is 0 Å². The number of amides is 1. The maximum atomic E-state index is 13.3. The number of phenols is 1. The van der Waals surface area contributed by atoms with Gasteiger partial charge in [-0.3, -0.25) is 4.79 Å². The van der Waals surface area contributed by atoms with E-state index in [0.29, 0.717) is 12.0 Å². The van der Waals surface area contributed by atoms with Crippen LogP contribution in [0.5, 0.6) is 5.75 Å². The average Bonchev–Trinajstić information content (AvgIpc) is 3.25. The lowest BCUT2D eigenvalue weighted by molar-refractivity contribution is -0.158. The van der Waals surface area contributed by atoms with E-state index in [4.69, 9.17) is 4.74 Å². The van der Waals surface area contributed by atoms with Gasteiger partial charge in [0.05, 0.1) is 4.90 Å². The molecule has 2 N–H and O–H groups in total. The summed E-state index contributed by atoms with van der Waals surface area (Å²) < 4.78 is 46.0. The Morgan fingerprint density at radius 2 is 1.76 bits per heavy atom. The van der Waals surface area contributed by atoms with Crippen molar-refractivity contribution in [3.05, 3.63) is 59.9 Å². The number of sulfonamides is 1. The standard InChI is InChI=1S/C24H29FN2O6S/c1-24(2,3)33-23(30)20(15-16-6-10-18(28)11-7-16)26-22(29)21-5-4-14-27(21)34(31,32)19-12-8-17(25)9-13-19/h6-13,20-21,28H,4-5,14-15H2,1-3H3,(H,26,29)/t20-,21-/m0/s1. The van der Waals surface area contributed by atoms with Gasteiger partial charge in [-0.1, -0.05) is 12.1 Å². The quantitative estimate of drug-likeness (QED) is 0.575. The number of aromatic hydroxyl groups is 1. The minimum absolute atomic E-state index is 0.0641. The van der Waals surface area contributed by atoms with Crippen molar-refractivity contribution in [1.29, 1.82) is 0 Å². The summed E-state index contributed by atoms with van der Waals surface area (Å²) in [5.41, 5.74) is -0.114. The molecule has 0 aliphatic carbocycles. The van der Waals surface area contributed by atoms with Gasteiger partial charge in [0.1, 0.15) is 29.3 Å². The summed E-state index contributed by atoms with van der Waals surface area (Å²) in [7, 11) is -4.04. The molecule has 0 saturated carbocycles. The van der Waals surface area contributed by atoms with Crippen LogP contribution in [0, 0.1) is 5.82 Å². The normalized spacial score (nSPS) is 17.8. The number of esters is 1. The van der Waals surface area contributed by atoms with Gasteiger partial charge in [0, 0.05) is 13.0 Å². The zero-order chi connectivity index (χ0) is 25.1. The van der Waals surface area contributed by atoms with Crippen molar-refractivity contribution in [3.63, 3.8) is 0 Å². The van der Waals surface area contributed by atoms with Gasteiger partial charge in [0.15, 0.2) is 0 Å². The number of phenolic OH excluding ortho intramolecular Hbond substituents is 1. The molecule has 1 amide bonds. The average molecular weight is 493 g/mol. The number of carbonyl (C=O) groups excluding carboxylic acids is 2. The summed E-state index contributed by atoms with van der Waals surface area (Å²) in [4.78, 5) is 25.9. The number of nitrogens with zero attached hydrogens (tertiary/aromatic N) is 1. The maximum Gasteiger partial charge on any atom is 0.329 e. The number of hydrogen-bond acceptors (Lipinski definition) is 6. The highest BCUT2D eigenvalue weighted by Gasteiger charge is 2.41. The summed E-state index contributed by atoms with van der Waals surface area (Å²) in [6, 6.07) is 8.53. The summed E-state index contributed by atoms with van der Waals surface area (Å²) in [6.45, 7) is 5.25. The topological polar surface area (TPSA) is 113 Å². The fraction of sp³-hybridized carbons (Fsp3) is 0.417. The third-order valence-electron chi connectivity index (χ3n) is 5.31. The lowest BCUT2D eigenvalue weighted by atomic mass is 10.0. The second-order valence-electron chi connectivity index (χ2n) is 9.19. The van der Waals surface area contributed by atoms with Gasteiger partial charge in [0.2, 0.25) is 15.9 Å². The van der Waals surface area contributed by atoms with Gasteiger partial charge in [0.25, 0.3) is 0 Å².